The molecule has 0 saturated carbocycles. The molecule has 1 unspecified atom stereocenters. The Morgan fingerprint density at radius 2 is 1.69 bits per heavy atom. The number of nitrogens with zero attached hydrogens (tertiary/aromatic N) is 2. The van der Waals surface area contributed by atoms with Gasteiger partial charge < -0.3 is 19.1 Å². The molecule has 2 heterocycles. The van der Waals surface area contributed by atoms with Crippen molar-refractivity contribution in [1.82, 2.24) is 9.80 Å². The summed E-state index contributed by atoms with van der Waals surface area (Å²) in [5, 5.41) is 0. The number of methoxy groups -OCH3 is 1. The predicted molar refractivity (Wildman–Crippen MR) is 115 cm³/mol. The highest BCUT2D eigenvalue weighted by Crippen LogP contribution is 2.25. The van der Waals surface area contributed by atoms with Crippen molar-refractivity contribution >= 4 is 18.2 Å². The Morgan fingerprint density at radius 3 is 2.44 bits per heavy atom. The molecule has 32 heavy (non-hydrogen) atoms. The second kappa shape index (κ2) is 9.72. The smallest absolute Gasteiger partial charge is 0.410 e. The van der Waals surface area contributed by atoms with Crippen LogP contribution >= 0.6 is 0 Å². The second-order valence-electron chi connectivity index (χ2n) is 7.91. The minimum Gasteiger partial charge on any atom is -0.467 e. The fourth-order valence-corrected chi connectivity index (χ4v) is 4.11. The lowest BCUT2D eigenvalue weighted by molar-refractivity contribution is -0.145. The molecule has 0 radical (unpaired) electrons. The van der Waals surface area contributed by atoms with Crippen LogP contribution in [0.5, 0.6) is 0 Å². The molecule has 8 nitrogen and oxygen atoms in total. The lowest BCUT2D eigenvalue weighted by Crippen LogP contribution is -2.41. The molecule has 2 atom stereocenters. The highest BCUT2D eigenvalue weighted by atomic mass is 16.6. The van der Waals surface area contributed by atoms with Crippen molar-refractivity contribution in [3.63, 3.8) is 0 Å². The molecule has 0 spiro atoms. The van der Waals surface area contributed by atoms with E-state index in [-0.39, 0.29) is 19.6 Å². The highest BCUT2D eigenvalue weighted by Gasteiger charge is 2.43. The van der Waals surface area contributed by atoms with E-state index in [0.29, 0.717) is 13.1 Å². The summed E-state index contributed by atoms with van der Waals surface area (Å²) >= 11 is 0. The van der Waals surface area contributed by atoms with Crippen LogP contribution in [0, 0.1) is 0 Å². The van der Waals surface area contributed by atoms with Crippen LogP contribution in [-0.4, -0.2) is 60.3 Å². The molecule has 2 aromatic rings. The van der Waals surface area contributed by atoms with Crippen molar-refractivity contribution in [3.8, 4) is 0 Å². The zero-order chi connectivity index (χ0) is 22.5. The molecular weight excluding hydrogens is 412 g/mol. The maximum Gasteiger partial charge on any atom is 0.410 e. The maximum atomic E-state index is 12.8. The third kappa shape index (κ3) is 4.85. The van der Waals surface area contributed by atoms with Crippen molar-refractivity contribution in [2.24, 2.45) is 0 Å². The van der Waals surface area contributed by atoms with Crippen LogP contribution in [0.2, 0.25) is 0 Å². The van der Waals surface area contributed by atoms with Crippen molar-refractivity contribution in [1.29, 1.82) is 0 Å². The van der Waals surface area contributed by atoms with Crippen LogP contribution in [0.15, 0.2) is 54.6 Å². The molecule has 2 aliphatic rings. The summed E-state index contributed by atoms with van der Waals surface area (Å²) in [6.07, 6.45) is -0.780. The van der Waals surface area contributed by atoms with E-state index in [1.165, 1.54) is 17.6 Å². The normalized spacial score (nSPS) is 19.8. The Morgan fingerprint density at radius 1 is 0.969 bits per heavy atom. The fourth-order valence-electron chi connectivity index (χ4n) is 4.11. The van der Waals surface area contributed by atoms with E-state index in [4.69, 9.17) is 14.2 Å². The average molecular weight is 438 g/mol. The Labute approximate surface area is 186 Å². The van der Waals surface area contributed by atoms with Crippen LogP contribution in [0.4, 0.5) is 9.59 Å². The number of esters is 1. The van der Waals surface area contributed by atoms with E-state index in [9.17, 15) is 14.4 Å². The SMILES string of the molecule is COC(=O)[C@@H]1CC(OC(=O)N2CCc3ccccc3C2)CN1C(=O)OCc1ccccc1. The number of benzene rings is 2. The maximum absolute atomic E-state index is 12.8. The molecule has 2 amide bonds. The lowest BCUT2D eigenvalue weighted by Gasteiger charge is -2.29. The molecule has 168 valence electrons. The third-order valence-corrected chi connectivity index (χ3v) is 5.83. The van der Waals surface area contributed by atoms with Gasteiger partial charge in [-0.2, -0.15) is 0 Å². The van der Waals surface area contributed by atoms with Crippen molar-refractivity contribution < 1.29 is 28.6 Å². The van der Waals surface area contributed by atoms with Crippen molar-refractivity contribution in [3.05, 3.63) is 71.3 Å². The summed E-state index contributed by atoms with van der Waals surface area (Å²) in [5.41, 5.74) is 3.17. The van der Waals surface area contributed by atoms with Gasteiger partial charge in [0.2, 0.25) is 0 Å². The first kappa shape index (κ1) is 21.7. The van der Waals surface area contributed by atoms with Gasteiger partial charge in [-0.3, -0.25) is 4.90 Å². The number of amides is 2. The molecule has 4 rings (SSSR count). The zero-order valence-corrected chi connectivity index (χ0v) is 17.9. The summed E-state index contributed by atoms with van der Waals surface area (Å²) in [5.74, 6) is -0.563. The number of hydrogen-bond acceptors (Lipinski definition) is 6. The van der Waals surface area contributed by atoms with Crippen molar-refractivity contribution in [2.45, 2.75) is 38.1 Å². The molecule has 0 aliphatic carbocycles. The Balaban J connectivity index is 1.37. The Kier molecular flexibility index (Phi) is 6.58. The summed E-state index contributed by atoms with van der Waals surface area (Å²) in [4.78, 5) is 40.6. The number of likely N-dealkylation sites (tertiary alicyclic amines) is 1. The fraction of sp³-hybridized carbons (Fsp3) is 0.375. The van der Waals surface area contributed by atoms with Gasteiger partial charge in [-0.15, -0.1) is 0 Å². The van der Waals surface area contributed by atoms with Crippen LogP contribution < -0.4 is 0 Å². The molecule has 2 aromatic carbocycles. The minimum absolute atomic E-state index is 0.0730. The van der Waals surface area contributed by atoms with Gasteiger partial charge in [-0.1, -0.05) is 54.6 Å². The van der Waals surface area contributed by atoms with Crippen LogP contribution in [-0.2, 0) is 38.6 Å². The first-order valence-corrected chi connectivity index (χ1v) is 10.6. The minimum atomic E-state index is -0.858. The zero-order valence-electron chi connectivity index (χ0n) is 17.9. The quantitative estimate of drug-likeness (QED) is 0.539. The number of rotatable bonds is 4. The molecular formula is C24H26N2O6. The van der Waals surface area contributed by atoms with E-state index in [1.54, 1.807) is 4.90 Å². The van der Waals surface area contributed by atoms with Gasteiger partial charge in [0, 0.05) is 19.5 Å². The first-order chi connectivity index (χ1) is 15.5. The predicted octanol–water partition coefficient (Wildman–Crippen LogP) is 3.13. The van der Waals surface area contributed by atoms with E-state index in [2.05, 4.69) is 6.07 Å². The summed E-state index contributed by atoms with van der Waals surface area (Å²) in [7, 11) is 1.26. The van der Waals surface area contributed by atoms with Gasteiger partial charge in [-0.05, 0) is 23.1 Å². The van der Waals surface area contributed by atoms with E-state index >= 15 is 0 Å². The van der Waals surface area contributed by atoms with Gasteiger partial charge in [0.25, 0.3) is 0 Å². The highest BCUT2D eigenvalue weighted by molar-refractivity contribution is 5.82. The van der Waals surface area contributed by atoms with Gasteiger partial charge in [0.15, 0.2) is 0 Å². The molecule has 1 fully saturated rings. The molecule has 2 aliphatic heterocycles. The van der Waals surface area contributed by atoms with Gasteiger partial charge in [0.05, 0.1) is 13.7 Å². The molecule has 8 heteroatoms. The van der Waals surface area contributed by atoms with Crippen LogP contribution in [0.25, 0.3) is 0 Å². The number of ether oxygens (including phenoxy) is 3. The van der Waals surface area contributed by atoms with Crippen LogP contribution in [0.1, 0.15) is 23.1 Å². The molecule has 0 N–H and O–H groups in total. The monoisotopic (exact) mass is 438 g/mol. The van der Waals surface area contributed by atoms with Gasteiger partial charge in [-0.25, -0.2) is 14.4 Å². The largest absolute Gasteiger partial charge is 0.467 e. The molecule has 0 bridgehead atoms. The van der Waals surface area contributed by atoms with Gasteiger partial charge >= 0.3 is 18.2 Å². The molecule has 0 aromatic heterocycles. The van der Waals surface area contributed by atoms with Gasteiger partial charge in [0.1, 0.15) is 18.8 Å². The lowest BCUT2D eigenvalue weighted by atomic mass is 10.0. The first-order valence-electron chi connectivity index (χ1n) is 10.6. The third-order valence-electron chi connectivity index (χ3n) is 5.83. The van der Waals surface area contributed by atoms with Crippen molar-refractivity contribution in [2.75, 3.05) is 20.2 Å². The summed E-state index contributed by atoms with van der Waals surface area (Å²) in [6.45, 7) is 1.20. The molecule has 1 saturated heterocycles. The van der Waals surface area contributed by atoms with E-state index < -0.39 is 30.3 Å². The number of hydrogen-bond donors (Lipinski definition) is 0. The number of carbonyl (C=O) groups is 3. The van der Waals surface area contributed by atoms with E-state index in [0.717, 1.165) is 17.5 Å². The topological polar surface area (TPSA) is 85.4 Å². The average Bonchev–Trinajstić information content (AvgIpc) is 3.26. The Bertz CT molecular complexity index is 979. The number of fused-ring (bicyclic) bond motifs is 1. The Hall–Kier alpha value is -3.55. The van der Waals surface area contributed by atoms with E-state index in [1.807, 2.05) is 48.5 Å². The standard InChI is InChI=1S/C24H26N2O6/c1-30-22(27)21-13-20(15-26(21)24(29)31-16-17-7-3-2-4-8-17)32-23(28)25-12-11-18-9-5-6-10-19(18)14-25/h2-10,20-21H,11-16H2,1H3/t20?,21-/m0/s1. The summed E-state index contributed by atoms with van der Waals surface area (Å²) in [6, 6.07) is 16.4. The summed E-state index contributed by atoms with van der Waals surface area (Å²) < 4.78 is 15.9. The second-order valence-corrected chi connectivity index (χ2v) is 7.91. The van der Waals surface area contributed by atoms with Crippen LogP contribution in [0.3, 0.4) is 0 Å². The number of carbonyl (C=O) groups excluding carboxylic acids is 3.